The lowest BCUT2D eigenvalue weighted by Crippen LogP contribution is -2.03. The average Bonchev–Trinajstić information content (AvgIpc) is 2.30. The first-order chi connectivity index (χ1) is 7.83. The van der Waals surface area contributed by atoms with Gasteiger partial charge in [0, 0.05) is 25.2 Å². The number of nitrogens with two attached hydrogens (primary N) is 1. The highest BCUT2D eigenvalue weighted by Gasteiger charge is 2.02. The van der Waals surface area contributed by atoms with Crippen molar-refractivity contribution >= 4 is 5.78 Å². The summed E-state index contributed by atoms with van der Waals surface area (Å²) in [5.74, 6) is 0.318. The molecule has 1 rings (SSSR count). The Morgan fingerprint density at radius 3 is 2.50 bits per heavy atom. The van der Waals surface area contributed by atoms with E-state index in [0.717, 1.165) is 37.8 Å². The van der Waals surface area contributed by atoms with Crippen LogP contribution in [0.25, 0.3) is 0 Å². The zero-order chi connectivity index (χ0) is 11.6. The summed E-state index contributed by atoms with van der Waals surface area (Å²) >= 11 is 0. The van der Waals surface area contributed by atoms with Gasteiger partial charge in [0.1, 0.15) is 5.78 Å². The minimum Gasteiger partial charge on any atom is -0.330 e. The molecule has 0 aliphatic rings. The normalized spacial score (nSPS) is 10.3. The second-order valence-corrected chi connectivity index (χ2v) is 4.02. The number of hydrogen-bond acceptors (Lipinski definition) is 3. The molecule has 0 aliphatic carbocycles. The Bertz CT molecular complexity index is 298. The van der Waals surface area contributed by atoms with Crippen molar-refractivity contribution < 1.29 is 4.79 Å². The SMILES string of the molecule is NCCCCCCC(=O)Cc1ccncc1. The van der Waals surface area contributed by atoms with E-state index >= 15 is 0 Å². The van der Waals surface area contributed by atoms with E-state index < -0.39 is 0 Å². The molecule has 0 aromatic carbocycles. The number of carbonyl (C=O) groups excluding carboxylic acids is 1. The lowest BCUT2D eigenvalue weighted by atomic mass is 10.0. The minimum absolute atomic E-state index is 0.318. The van der Waals surface area contributed by atoms with Crippen LogP contribution in [0.3, 0.4) is 0 Å². The third-order valence-corrected chi connectivity index (χ3v) is 2.56. The molecule has 0 radical (unpaired) electrons. The van der Waals surface area contributed by atoms with Gasteiger partial charge in [-0.25, -0.2) is 0 Å². The van der Waals surface area contributed by atoms with E-state index in [1.807, 2.05) is 12.1 Å². The predicted molar refractivity (Wildman–Crippen MR) is 65.1 cm³/mol. The molecule has 1 aromatic heterocycles. The van der Waals surface area contributed by atoms with Gasteiger partial charge in [0.05, 0.1) is 0 Å². The van der Waals surface area contributed by atoms with Gasteiger partial charge in [-0.1, -0.05) is 12.8 Å². The maximum Gasteiger partial charge on any atom is 0.137 e. The van der Waals surface area contributed by atoms with Crippen molar-refractivity contribution in [1.82, 2.24) is 4.98 Å². The van der Waals surface area contributed by atoms with Gasteiger partial charge in [0.25, 0.3) is 0 Å². The monoisotopic (exact) mass is 220 g/mol. The van der Waals surface area contributed by atoms with Crippen molar-refractivity contribution in [2.45, 2.75) is 38.5 Å². The fraction of sp³-hybridized carbons (Fsp3) is 0.538. The summed E-state index contributed by atoms with van der Waals surface area (Å²) in [6.45, 7) is 0.755. The van der Waals surface area contributed by atoms with Crippen LogP contribution >= 0.6 is 0 Å². The summed E-state index contributed by atoms with van der Waals surface area (Å²) in [6.07, 6.45) is 8.99. The van der Waals surface area contributed by atoms with E-state index in [4.69, 9.17) is 5.73 Å². The van der Waals surface area contributed by atoms with Crippen LogP contribution in [-0.2, 0) is 11.2 Å². The quantitative estimate of drug-likeness (QED) is 0.683. The number of ketones is 1. The highest BCUT2D eigenvalue weighted by molar-refractivity contribution is 5.80. The van der Waals surface area contributed by atoms with Crippen LogP contribution in [0.5, 0.6) is 0 Å². The summed E-state index contributed by atoms with van der Waals surface area (Å²) in [4.78, 5) is 15.5. The largest absolute Gasteiger partial charge is 0.330 e. The summed E-state index contributed by atoms with van der Waals surface area (Å²) in [5.41, 5.74) is 6.46. The van der Waals surface area contributed by atoms with E-state index in [-0.39, 0.29) is 0 Å². The number of hydrogen-bond donors (Lipinski definition) is 1. The minimum atomic E-state index is 0.318. The van der Waals surface area contributed by atoms with Crippen LogP contribution in [0.2, 0.25) is 0 Å². The molecule has 1 heterocycles. The van der Waals surface area contributed by atoms with Crippen LogP contribution in [-0.4, -0.2) is 17.3 Å². The van der Waals surface area contributed by atoms with Crippen molar-refractivity contribution in [3.05, 3.63) is 30.1 Å². The van der Waals surface area contributed by atoms with Crippen LogP contribution in [0.15, 0.2) is 24.5 Å². The molecule has 0 saturated carbocycles. The van der Waals surface area contributed by atoms with Gasteiger partial charge in [-0.15, -0.1) is 0 Å². The summed E-state index contributed by atoms with van der Waals surface area (Å²) in [6, 6.07) is 3.79. The molecule has 16 heavy (non-hydrogen) atoms. The molecule has 0 atom stereocenters. The fourth-order valence-corrected chi connectivity index (χ4v) is 1.64. The Morgan fingerprint density at radius 2 is 1.81 bits per heavy atom. The van der Waals surface area contributed by atoms with Gasteiger partial charge in [-0.2, -0.15) is 0 Å². The number of nitrogens with zero attached hydrogens (tertiary/aromatic N) is 1. The highest BCUT2D eigenvalue weighted by atomic mass is 16.1. The second-order valence-electron chi connectivity index (χ2n) is 4.02. The smallest absolute Gasteiger partial charge is 0.137 e. The number of pyridine rings is 1. The number of aromatic nitrogens is 1. The van der Waals surface area contributed by atoms with Crippen LogP contribution < -0.4 is 5.73 Å². The molecule has 88 valence electrons. The average molecular weight is 220 g/mol. The molecule has 3 nitrogen and oxygen atoms in total. The lowest BCUT2D eigenvalue weighted by Gasteiger charge is -2.01. The molecular weight excluding hydrogens is 200 g/mol. The number of unbranched alkanes of at least 4 members (excludes halogenated alkanes) is 3. The molecule has 3 heteroatoms. The molecule has 1 aromatic rings. The van der Waals surface area contributed by atoms with E-state index in [1.54, 1.807) is 12.4 Å². The standard InChI is InChI=1S/C13H20N2O/c14-8-4-2-1-3-5-13(16)11-12-6-9-15-10-7-12/h6-7,9-10H,1-5,8,11,14H2. The molecule has 0 fully saturated rings. The molecule has 2 N–H and O–H groups in total. The van der Waals surface area contributed by atoms with Gasteiger partial charge in [0.15, 0.2) is 0 Å². The van der Waals surface area contributed by atoms with Crippen LogP contribution in [0.1, 0.15) is 37.7 Å². The first kappa shape index (κ1) is 12.8. The van der Waals surface area contributed by atoms with Crippen molar-refractivity contribution in [3.63, 3.8) is 0 Å². The molecule has 0 bridgehead atoms. The van der Waals surface area contributed by atoms with Crippen LogP contribution in [0, 0.1) is 0 Å². The first-order valence-corrected chi connectivity index (χ1v) is 5.93. The molecule has 0 amide bonds. The zero-order valence-corrected chi connectivity index (χ0v) is 9.69. The van der Waals surface area contributed by atoms with Gasteiger partial charge >= 0.3 is 0 Å². The molecular formula is C13H20N2O. The Morgan fingerprint density at radius 1 is 1.12 bits per heavy atom. The molecule has 0 spiro atoms. The third kappa shape index (κ3) is 5.61. The Labute approximate surface area is 97.1 Å². The first-order valence-electron chi connectivity index (χ1n) is 5.93. The van der Waals surface area contributed by atoms with Gasteiger partial charge in [-0.05, 0) is 37.1 Å². The van der Waals surface area contributed by atoms with E-state index in [0.29, 0.717) is 18.6 Å². The van der Waals surface area contributed by atoms with Crippen molar-refractivity contribution in [2.75, 3.05) is 6.54 Å². The maximum absolute atomic E-state index is 11.6. The van der Waals surface area contributed by atoms with E-state index in [2.05, 4.69) is 4.98 Å². The number of Topliss-reactive ketones (excluding diaryl/α,β-unsaturated/α-hetero) is 1. The zero-order valence-electron chi connectivity index (χ0n) is 9.69. The summed E-state index contributed by atoms with van der Waals surface area (Å²) < 4.78 is 0. The van der Waals surface area contributed by atoms with Crippen molar-refractivity contribution in [1.29, 1.82) is 0 Å². The fourth-order valence-electron chi connectivity index (χ4n) is 1.64. The summed E-state index contributed by atoms with van der Waals surface area (Å²) in [7, 11) is 0. The molecule has 0 unspecified atom stereocenters. The molecule has 0 aliphatic heterocycles. The Hall–Kier alpha value is -1.22. The van der Waals surface area contributed by atoms with E-state index in [1.165, 1.54) is 0 Å². The van der Waals surface area contributed by atoms with Crippen molar-refractivity contribution in [3.8, 4) is 0 Å². The second kappa shape index (κ2) is 7.99. The van der Waals surface area contributed by atoms with Crippen LogP contribution in [0.4, 0.5) is 0 Å². The topological polar surface area (TPSA) is 56.0 Å². The number of rotatable bonds is 8. The molecule has 0 saturated heterocycles. The van der Waals surface area contributed by atoms with Gasteiger partial charge in [0.2, 0.25) is 0 Å². The lowest BCUT2D eigenvalue weighted by molar-refractivity contribution is -0.118. The summed E-state index contributed by atoms with van der Waals surface area (Å²) in [5, 5.41) is 0. The van der Waals surface area contributed by atoms with Gasteiger partial charge < -0.3 is 5.73 Å². The Kier molecular flexibility index (Phi) is 6.42. The van der Waals surface area contributed by atoms with Crippen molar-refractivity contribution in [2.24, 2.45) is 5.73 Å². The van der Waals surface area contributed by atoms with E-state index in [9.17, 15) is 4.79 Å². The van der Waals surface area contributed by atoms with Gasteiger partial charge in [-0.3, -0.25) is 9.78 Å². The maximum atomic E-state index is 11.6. The third-order valence-electron chi connectivity index (χ3n) is 2.56. The number of carbonyl (C=O) groups is 1. The highest BCUT2D eigenvalue weighted by Crippen LogP contribution is 2.06. The Balaban J connectivity index is 2.12. The predicted octanol–water partition coefficient (Wildman–Crippen LogP) is 2.10.